The van der Waals surface area contributed by atoms with E-state index >= 15 is 0 Å². The zero-order valence-corrected chi connectivity index (χ0v) is 12.9. The van der Waals surface area contributed by atoms with E-state index in [1.807, 2.05) is 0 Å². The molecule has 0 radical (unpaired) electrons. The number of aryl methyl sites for hydroxylation is 1. The van der Waals surface area contributed by atoms with Gasteiger partial charge in [-0.05, 0) is 32.0 Å². The van der Waals surface area contributed by atoms with E-state index in [9.17, 15) is 13.2 Å². The number of aromatic nitrogens is 5. The molecule has 0 spiro atoms. The SMILES string of the molecule is Cn1nc(C(F)(F)F)cc1Cn1cc(CN2CCCCC2)nn1. The smallest absolute Gasteiger partial charge is 0.297 e. The van der Waals surface area contributed by atoms with E-state index in [4.69, 9.17) is 0 Å². The summed E-state index contributed by atoms with van der Waals surface area (Å²) in [4.78, 5) is 2.32. The molecule has 1 aliphatic heterocycles. The van der Waals surface area contributed by atoms with Crippen LogP contribution in [0.4, 0.5) is 13.2 Å². The molecule has 2 aromatic heterocycles. The molecule has 0 saturated carbocycles. The van der Waals surface area contributed by atoms with Gasteiger partial charge in [-0.15, -0.1) is 5.10 Å². The van der Waals surface area contributed by atoms with E-state index < -0.39 is 11.9 Å². The fourth-order valence-corrected chi connectivity index (χ4v) is 2.79. The minimum Gasteiger partial charge on any atom is -0.297 e. The average Bonchev–Trinajstić information content (AvgIpc) is 3.08. The predicted molar refractivity (Wildman–Crippen MR) is 76.5 cm³/mol. The van der Waals surface area contributed by atoms with E-state index in [2.05, 4.69) is 20.3 Å². The molecule has 0 amide bonds. The first-order chi connectivity index (χ1) is 10.9. The highest BCUT2D eigenvalue weighted by Gasteiger charge is 2.34. The van der Waals surface area contributed by atoms with Crippen LogP contribution in [0.3, 0.4) is 0 Å². The van der Waals surface area contributed by atoms with Gasteiger partial charge >= 0.3 is 6.18 Å². The van der Waals surface area contributed by atoms with Crippen molar-refractivity contribution in [2.45, 2.75) is 38.5 Å². The summed E-state index contributed by atoms with van der Waals surface area (Å²) in [5.74, 6) is 0. The van der Waals surface area contributed by atoms with Gasteiger partial charge in [-0.3, -0.25) is 9.58 Å². The molecule has 9 heteroatoms. The number of likely N-dealkylation sites (tertiary alicyclic amines) is 1. The minimum atomic E-state index is -4.43. The van der Waals surface area contributed by atoms with Gasteiger partial charge in [0.15, 0.2) is 5.69 Å². The molecule has 2 aromatic rings. The van der Waals surface area contributed by atoms with Gasteiger partial charge in [0, 0.05) is 13.6 Å². The summed E-state index contributed by atoms with van der Waals surface area (Å²) in [6.07, 6.45) is 1.02. The second kappa shape index (κ2) is 6.31. The fourth-order valence-electron chi connectivity index (χ4n) is 2.79. The second-order valence-electron chi connectivity index (χ2n) is 5.89. The Kier molecular flexibility index (Phi) is 4.38. The van der Waals surface area contributed by atoms with Crippen molar-refractivity contribution in [1.29, 1.82) is 0 Å². The lowest BCUT2D eigenvalue weighted by molar-refractivity contribution is -0.141. The molecule has 0 atom stereocenters. The van der Waals surface area contributed by atoms with Gasteiger partial charge in [0.2, 0.25) is 0 Å². The van der Waals surface area contributed by atoms with Crippen LogP contribution in [0.25, 0.3) is 0 Å². The number of halogens is 3. The van der Waals surface area contributed by atoms with Crippen LogP contribution in [-0.2, 0) is 26.3 Å². The molecule has 0 aromatic carbocycles. The van der Waals surface area contributed by atoms with Gasteiger partial charge in [-0.2, -0.15) is 18.3 Å². The first kappa shape index (κ1) is 16.0. The molecule has 6 nitrogen and oxygen atoms in total. The molecule has 1 saturated heterocycles. The third-order valence-corrected chi connectivity index (χ3v) is 4.01. The number of hydrogen-bond acceptors (Lipinski definition) is 4. The van der Waals surface area contributed by atoms with Crippen molar-refractivity contribution in [1.82, 2.24) is 29.7 Å². The summed E-state index contributed by atoms with van der Waals surface area (Å²) in [5, 5.41) is 11.6. The summed E-state index contributed by atoms with van der Waals surface area (Å²) < 4.78 is 40.8. The molecule has 1 fully saturated rings. The van der Waals surface area contributed by atoms with E-state index in [1.165, 1.54) is 31.0 Å². The maximum atomic E-state index is 12.7. The Bertz CT molecular complexity index is 654. The lowest BCUT2D eigenvalue weighted by atomic mass is 10.1. The monoisotopic (exact) mass is 328 g/mol. The predicted octanol–water partition coefficient (Wildman–Crippen LogP) is 2.06. The Balaban J connectivity index is 1.66. The normalized spacial score (nSPS) is 16.9. The number of hydrogen-bond donors (Lipinski definition) is 0. The molecule has 0 unspecified atom stereocenters. The van der Waals surface area contributed by atoms with Crippen LogP contribution in [0.1, 0.15) is 36.3 Å². The summed E-state index contributed by atoms with van der Waals surface area (Å²) in [6.45, 7) is 3.07. The van der Waals surface area contributed by atoms with Gasteiger partial charge in [0.25, 0.3) is 0 Å². The zero-order chi connectivity index (χ0) is 16.4. The van der Waals surface area contributed by atoms with Crippen LogP contribution in [0.2, 0.25) is 0 Å². The lowest BCUT2D eigenvalue weighted by Crippen LogP contribution is -2.29. The highest BCUT2D eigenvalue weighted by atomic mass is 19.4. The fraction of sp³-hybridized carbons (Fsp3) is 0.643. The van der Waals surface area contributed by atoms with Gasteiger partial charge in [0.1, 0.15) is 0 Å². The summed E-state index contributed by atoms with van der Waals surface area (Å²) in [7, 11) is 1.50. The number of piperidine rings is 1. The molecule has 0 bridgehead atoms. The minimum absolute atomic E-state index is 0.215. The molecule has 0 aliphatic carbocycles. The van der Waals surface area contributed by atoms with Gasteiger partial charge in [-0.25, -0.2) is 4.68 Å². The summed E-state index contributed by atoms with van der Waals surface area (Å²) >= 11 is 0. The van der Waals surface area contributed by atoms with Crippen LogP contribution in [-0.4, -0.2) is 42.8 Å². The highest BCUT2D eigenvalue weighted by molar-refractivity contribution is 5.13. The van der Waals surface area contributed by atoms with Crippen molar-refractivity contribution in [2.24, 2.45) is 7.05 Å². The Labute approximate surface area is 131 Å². The molecule has 3 rings (SSSR count). The third kappa shape index (κ3) is 3.90. The van der Waals surface area contributed by atoms with E-state index in [0.29, 0.717) is 5.69 Å². The quantitative estimate of drug-likeness (QED) is 0.862. The van der Waals surface area contributed by atoms with Crippen LogP contribution in [0.5, 0.6) is 0 Å². The summed E-state index contributed by atoms with van der Waals surface area (Å²) in [5.41, 5.74) is 0.389. The Hall–Kier alpha value is -1.90. The first-order valence-electron chi connectivity index (χ1n) is 7.63. The van der Waals surface area contributed by atoms with Crippen molar-refractivity contribution >= 4 is 0 Å². The first-order valence-corrected chi connectivity index (χ1v) is 7.63. The molecule has 126 valence electrons. The molecule has 23 heavy (non-hydrogen) atoms. The second-order valence-corrected chi connectivity index (χ2v) is 5.89. The van der Waals surface area contributed by atoms with Crippen LogP contribution >= 0.6 is 0 Å². The zero-order valence-electron chi connectivity index (χ0n) is 12.9. The van der Waals surface area contributed by atoms with E-state index in [1.54, 1.807) is 10.9 Å². The Morgan fingerprint density at radius 1 is 1.13 bits per heavy atom. The Morgan fingerprint density at radius 2 is 1.87 bits per heavy atom. The largest absolute Gasteiger partial charge is 0.435 e. The molecular weight excluding hydrogens is 309 g/mol. The van der Waals surface area contributed by atoms with Gasteiger partial charge < -0.3 is 0 Å². The van der Waals surface area contributed by atoms with Crippen molar-refractivity contribution in [3.8, 4) is 0 Å². The molecule has 1 aliphatic rings. The third-order valence-electron chi connectivity index (χ3n) is 4.01. The standard InChI is InChI=1S/C14H19F3N6/c1-21-12(7-13(19-21)14(15,16)17)10-23-9-11(18-20-23)8-22-5-3-2-4-6-22/h7,9H,2-6,8,10H2,1H3. The maximum absolute atomic E-state index is 12.7. The van der Waals surface area contributed by atoms with E-state index in [0.717, 1.165) is 31.4 Å². The highest BCUT2D eigenvalue weighted by Crippen LogP contribution is 2.28. The number of nitrogens with zero attached hydrogens (tertiary/aromatic N) is 6. The van der Waals surface area contributed by atoms with Crippen molar-refractivity contribution in [3.05, 3.63) is 29.3 Å². The van der Waals surface area contributed by atoms with Crippen LogP contribution in [0.15, 0.2) is 12.3 Å². The van der Waals surface area contributed by atoms with Crippen LogP contribution in [0, 0.1) is 0 Å². The molecular formula is C14H19F3N6. The van der Waals surface area contributed by atoms with E-state index in [-0.39, 0.29) is 6.54 Å². The number of alkyl halides is 3. The lowest BCUT2D eigenvalue weighted by Gasteiger charge is -2.25. The Morgan fingerprint density at radius 3 is 2.52 bits per heavy atom. The maximum Gasteiger partial charge on any atom is 0.435 e. The van der Waals surface area contributed by atoms with Crippen molar-refractivity contribution in [3.63, 3.8) is 0 Å². The van der Waals surface area contributed by atoms with Crippen LogP contribution < -0.4 is 0 Å². The number of rotatable bonds is 4. The van der Waals surface area contributed by atoms with Crippen molar-refractivity contribution < 1.29 is 13.2 Å². The molecule has 3 heterocycles. The van der Waals surface area contributed by atoms with Gasteiger partial charge in [-0.1, -0.05) is 11.6 Å². The average molecular weight is 328 g/mol. The van der Waals surface area contributed by atoms with Crippen molar-refractivity contribution in [2.75, 3.05) is 13.1 Å². The van der Waals surface area contributed by atoms with Gasteiger partial charge in [0.05, 0.1) is 24.1 Å². The topological polar surface area (TPSA) is 51.8 Å². The summed E-state index contributed by atoms with van der Waals surface area (Å²) in [6, 6.07) is 1.05. The molecule has 0 N–H and O–H groups in total.